The average molecular weight is 951 g/mol. The number of esters is 1. The summed E-state index contributed by atoms with van der Waals surface area (Å²) < 4.78 is 59.2. The van der Waals surface area contributed by atoms with Crippen molar-refractivity contribution in [2.75, 3.05) is 26.4 Å². The summed E-state index contributed by atoms with van der Waals surface area (Å²) in [5.41, 5.74) is 0. The second-order valence-electron chi connectivity index (χ2n) is 17.0. The lowest BCUT2D eigenvalue weighted by molar-refractivity contribution is -0.301. The molecule has 66 heavy (non-hydrogen) atoms. The van der Waals surface area contributed by atoms with E-state index in [0.717, 1.165) is 103 Å². The highest BCUT2D eigenvalue weighted by atomic mass is 32.3. The van der Waals surface area contributed by atoms with Crippen LogP contribution in [-0.4, -0.2) is 97.5 Å². The highest BCUT2D eigenvalue weighted by Gasteiger charge is 2.48. The van der Waals surface area contributed by atoms with Crippen LogP contribution in [0, 0.1) is 0 Å². The molecular formula is C53H90O12S. The topological polar surface area (TPSA) is 178 Å². The molecule has 0 radical (unpaired) electrons. The zero-order valence-corrected chi connectivity index (χ0v) is 41.5. The fraction of sp³-hybridized carbons (Fsp3) is 0.717. The quantitative estimate of drug-likeness (QED) is 0.0197. The molecule has 1 heterocycles. The highest BCUT2D eigenvalue weighted by molar-refractivity contribution is 7.80. The first-order chi connectivity index (χ1) is 32.1. The van der Waals surface area contributed by atoms with Crippen molar-refractivity contribution in [3.05, 3.63) is 85.1 Å². The van der Waals surface area contributed by atoms with Crippen molar-refractivity contribution in [2.24, 2.45) is 0 Å². The fourth-order valence-corrected chi connectivity index (χ4v) is 7.72. The first kappa shape index (κ1) is 61.3. The van der Waals surface area contributed by atoms with Gasteiger partial charge in [-0.15, -0.1) is 0 Å². The number of unbranched alkanes of at least 4 members (excludes halogenated alkanes) is 16. The van der Waals surface area contributed by atoms with Crippen molar-refractivity contribution in [2.45, 2.75) is 218 Å². The minimum Gasteiger partial charge on any atom is -0.457 e. The molecule has 6 unspecified atom stereocenters. The van der Waals surface area contributed by atoms with E-state index >= 15 is 0 Å². The van der Waals surface area contributed by atoms with Gasteiger partial charge in [-0.1, -0.05) is 176 Å². The summed E-state index contributed by atoms with van der Waals surface area (Å²) in [6.45, 7) is 3.77. The van der Waals surface area contributed by atoms with Gasteiger partial charge in [0.1, 0.15) is 30.5 Å². The Morgan fingerprint density at radius 3 is 1.53 bits per heavy atom. The number of carbonyl (C=O) groups excluding carboxylic acids is 1. The molecule has 6 atom stereocenters. The van der Waals surface area contributed by atoms with Crippen molar-refractivity contribution in [1.82, 2.24) is 0 Å². The van der Waals surface area contributed by atoms with Crippen LogP contribution < -0.4 is 0 Å². The Morgan fingerprint density at radius 2 is 1.05 bits per heavy atom. The molecule has 12 nitrogen and oxygen atoms in total. The van der Waals surface area contributed by atoms with Gasteiger partial charge in [-0.05, 0) is 83.5 Å². The normalized spacial score (nSPS) is 20.2. The zero-order valence-electron chi connectivity index (χ0n) is 40.7. The Balaban J connectivity index is 2.35. The van der Waals surface area contributed by atoms with Crippen LogP contribution in [0.4, 0.5) is 0 Å². The monoisotopic (exact) mass is 951 g/mol. The molecule has 4 N–H and O–H groups in total. The molecule has 0 aromatic heterocycles. The summed E-state index contributed by atoms with van der Waals surface area (Å²) in [5, 5.41) is 30.7. The van der Waals surface area contributed by atoms with E-state index in [9.17, 15) is 33.1 Å². The summed E-state index contributed by atoms with van der Waals surface area (Å²) in [6, 6.07) is 0. The average Bonchev–Trinajstić information content (AvgIpc) is 3.29. The lowest BCUT2D eigenvalue weighted by atomic mass is 9.99. The van der Waals surface area contributed by atoms with Gasteiger partial charge in [-0.25, -0.2) is 4.18 Å². The molecule has 0 bridgehead atoms. The van der Waals surface area contributed by atoms with E-state index < -0.39 is 59.8 Å². The van der Waals surface area contributed by atoms with Gasteiger partial charge in [0.15, 0.2) is 6.29 Å². The number of carbonyl (C=O) groups is 1. The number of aliphatic hydroxyl groups is 3. The third kappa shape index (κ3) is 36.3. The largest absolute Gasteiger partial charge is 0.457 e. The van der Waals surface area contributed by atoms with Crippen LogP contribution in [0.25, 0.3) is 0 Å². The molecular weight excluding hydrogens is 861 g/mol. The number of rotatable bonds is 43. The van der Waals surface area contributed by atoms with Crippen LogP contribution in [-0.2, 0) is 38.3 Å². The SMILES string of the molecule is CC/C=C\C/C=C\C/C=C\C/C=C\C/C=C\CCCCCCCCCCCC(=O)OC(COCCCCCCCC/C=C\C/C=C\CCC)COC1OC(CO)C(O)C(OS(=O)(=O)O)C1O. The first-order valence-corrected chi connectivity index (χ1v) is 26.7. The molecule has 1 fully saturated rings. The van der Waals surface area contributed by atoms with Crippen LogP contribution >= 0.6 is 0 Å². The molecule has 1 aliphatic rings. The Bertz CT molecular complexity index is 1470. The van der Waals surface area contributed by atoms with Crippen LogP contribution in [0.3, 0.4) is 0 Å². The van der Waals surface area contributed by atoms with Crippen molar-refractivity contribution in [3.63, 3.8) is 0 Å². The van der Waals surface area contributed by atoms with Crippen LogP contribution in [0.2, 0.25) is 0 Å². The van der Waals surface area contributed by atoms with E-state index in [1.54, 1.807) is 0 Å². The van der Waals surface area contributed by atoms with Crippen molar-refractivity contribution >= 4 is 16.4 Å². The van der Waals surface area contributed by atoms with Gasteiger partial charge >= 0.3 is 16.4 Å². The number of hydrogen-bond acceptors (Lipinski definition) is 11. The Kier molecular flexibility index (Phi) is 40.4. The standard InChI is InChI=1S/C53H90O12S/c1-3-5-7-9-11-13-15-17-19-20-21-22-23-24-25-26-27-28-29-30-32-34-36-38-40-42-49(55)63-47(45-61-43-41-39-37-35-33-31-18-16-14-12-10-8-6-4-2)46-62-53-51(57)52(65-66(58,59)60)50(56)48(44-54)64-53/h5,7-8,10-11,13-14,16-17,19,21-22,24-25,47-48,50-54,56-57H,3-4,6,9,12,15,18,20,23,26-46H2,1-2H3,(H,58,59,60)/b7-5-,10-8-,13-11-,16-14-,19-17-,22-21-,25-24-. The zero-order chi connectivity index (χ0) is 48.2. The number of ether oxygens (including phenoxy) is 4. The van der Waals surface area contributed by atoms with E-state index in [1.165, 1.54) is 51.4 Å². The van der Waals surface area contributed by atoms with E-state index in [2.05, 4.69) is 103 Å². The van der Waals surface area contributed by atoms with E-state index in [0.29, 0.717) is 13.0 Å². The molecule has 0 aromatic carbocycles. The molecule has 1 rings (SSSR count). The predicted molar refractivity (Wildman–Crippen MR) is 266 cm³/mol. The maximum absolute atomic E-state index is 12.9. The minimum atomic E-state index is -5.07. The predicted octanol–water partition coefficient (Wildman–Crippen LogP) is 11.6. The summed E-state index contributed by atoms with van der Waals surface area (Å²) in [5.74, 6) is -0.413. The second-order valence-corrected chi connectivity index (χ2v) is 18.1. The number of allylic oxidation sites excluding steroid dienone is 14. The Hall–Kier alpha value is -2.72. The lowest BCUT2D eigenvalue weighted by Crippen LogP contribution is -2.60. The maximum Gasteiger partial charge on any atom is 0.397 e. The lowest BCUT2D eigenvalue weighted by Gasteiger charge is -2.41. The summed E-state index contributed by atoms with van der Waals surface area (Å²) >= 11 is 0. The van der Waals surface area contributed by atoms with Crippen molar-refractivity contribution in [3.8, 4) is 0 Å². The van der Waals surface area contributed by atoms with Crippen LogP contribution in [0.1, 0.15) is 181 Å². The van der Waals surface area contributed by atoms with E-state index in [-0.39, 0.29) is 19.6 Å². The van der Waals surface area contributed by atoms with Gasteiger partial charge in [0.25, 0.3) is 0 Å². The van der Waals surface area contributed by atoms with E-state index in [4.69, 9.17) is 18.9 Å². The molecule has 0 spiro atoms. The molecule has 1 aliphatic heterocycles. The molecule has 13 heteroatoms. The smallest absolute Gasteiger partial charge is 0.397 e. The Morgan fingerprint density at radius 1 is 0.591 bits per heavy atom. The van der Waals surface area contributed by atoms with Gasteiger partial charge in [0.05, 0.1) is 19.8 Å². The number of aliphatic hydroxyl groups excluding tert-OH is 3. The van der Waals surface area contributed by atoms with Crippen molar-refractivity contribution < 1.29 is 56.2 Å². The maximum atomic E-state index is 12.9. The summed E-state index contributed by atoms with van der Waals surface area (Å²) in [7, 11) is -5.07. The third-order valence-electron chi connectivity index (χ3n) is 11.0. The third-order valence-corrected chi connectivity index (χ3v) is 11.4. The van der Waals surface area contributed by atoms with Gasteiger partial charge in [0.2, 0.25) is 0 Å². The molecule has 1 saturated heterocycles. The van der Waals surface area contributed by atoms with Crippen molar-refractivity contribution in [1.29, 1.82) is 0 Å². The Labute approximate surface area is 400 Å². The minimum absolute atomic E-state index is 0.0217. The van der Waals surface area contributed by atoms with Crippen LogP contribution in [0.5, 0.6) is 0 Å². The van der Waals surface area contributed by atoms with Gasteiger partial charge in [-0.2, -0.15) is 8.42 Å². The second kappa shape index (κ2) is 43.6. The molecule has 0 saturated carbocycles. The number of hydrogen-bond donors (Lipinski definition) is 4. The van der Waals surface area contributed by atoms with Crippen LogP contribution in [0.15, 0.2) is 85.1 Å². The molecule has 380 valence electrons. The molecule has 0 aliphatic carbocycles. The van der Waals surface area contributed by atoms with Gasteiger partial charge in [-0.3, -0.25) is 9.35 Å². The summed E-state index contributed by atoms with van der Waals surface area (Å²) in [6.07, 6.45) is 49.0. The fourth-order valence-electron chi connectivity index (χ4n) is 7.21. The van der Waals surface area contributed by atoms with Gasteiger partial charge in [0, 0.05) is 13.0 Å². The first-order valence-electron chi connectivity index (χ1n) is 25.3. The van der Waals surface area contributed by atoms with E-state index in [1.807, 2.05) is 0 Å². The summed E-state index contributed by atoms with van der Waals surface area (Å²) in [4.78, 5) is 12.9. The highest BCUT2D eigenvalue weighted by Crippen LogP contribution is 2.26. The molecule has 0 aromatic rings. The molecule has 0 amide bonds. The van der Waals surface area contributed by atoms with Gasteiger partial charge < -0.3 is 34.3 Å².